The Balaban J connectivity index is 1.51. The van der Waals surface area contributed by atoms with Crippen LogP contribution >= 0.6 is 11.8 Å². The molecule has 1 amide bonds. The Hall–Kier alpha value is -2.54. The molecule has 7 heteroatoms. The molecule has 0 radical (unpaired) electrons. The van der Waals surface area contributed by atoms with Crippen LogP contribution in [-0.2, 0) is 10.5 Å². The zero-order chi connectivity index (χ0) is 17.6. The topological polar surface area (TPSA) is 66.0 Å². The lowest BCUT2D eigenvalue weighted by Gasteiger charge is -2.11. The van der Waals surface area contributed by atoms with Gasteiger partial charge in [0.25, 0.3) is 0 Å². The SMILES string of the molecule is COc1ccc(NC(=O)CSCc2ccc3c(c2)OCO3)c(OC)c1. The van der Waals surface area contributed by atoms with Gasteiger partial charge in [-0.2, -0.15) is 0 Å². The second-order valence-corrected chi connectivity index (χ2v) is 6.28. The van der Waals surface area contributed by atoms with Gasteiger partial charge in [-0.25, -0.2) is 0 Å². The molecular formula is C18H19NO5S. The summed E-state index contributed by atoms with van der Waals surface area (Å²) in [6.07, 6.45) is 0. The molecule has 0 fully saturated rings. The summed E-state index contributed by atoms with van der Waals surface area (Å²) in [4.78, 5) is 12.1. The third kappa shape index (κ3) is 4.30. The number of hydrogen-bond donors (Lipinski definition) is 1. The van der Waals surface area contributed by atoms with Gasteiger partial charge >= 0.3 is 0 Å². The standard InChI is InChI=1S/C18H19NO5S/c1-21-13-4-5-14(16(8-13)22-2)19-18(20)10-25-9-12-3-6-15-17(7-12)24-11-23-15/h3-8H,9-11H2,1-2H3,(H,19,20). The highest BCUT2D eigenvalue weighted by Crippen LogP contribution is 2.33. The van der Waals surface area contributed by atoms with E-state index in [1.54, 1.807) is 32.4 Å². The number of nitrogens with one attached hydrogen (secondary N) is 1. The normalized spacial score (nSPS) is 11.9. The molecule has 1 heterocycles. The first kappa shape index (κ1) is 17.3. The van der Waals surface area contributed by atoms with E-state index in [1.807, 2.05) is 18.2 Å². The highest BCUT2D eigenvalue weighted by molar-refractivity contribution is 7.99. The first-order chi connectivity index (χ1) is 12.2. The number of carbonyl (C=O) groups excluding carboxylic acids is 1. The summed E-state index contributed by atoms with van der Waals surface area (Å²) < 4.78 is 21.1. The van der Waals surface area contributed by atoms with Gasteiger partial charge in [-0.15, -0.1) is 11.8 Å². The van der Waals surface area contributed by atoms with E-state index in [0.717, 1.165) is 17.1 Å². The summed E-state index contributed by atoms with van der Waals surface area (Å²) in [6, 6.07) is 11.1. The number of methoxy groups -OCH3 is 2. The van der Waals surface area contributed by atoms with Crippen LogP contribution in [0.1, 0.15) is 5.56 Å². The molecule has 2 aromatic rings. The van der Waals surface area contributed by atoms with Crippen molar-refractivity contribution in [2.45, 2.75) is 5.75 Å². The third-order valence-corrected chi connectivity index (χ3v) is 4.63. The van der Waals surface area contributed by atoms with Crippen LogP contribution in [0.4, 0.5) is 5.69 Å². The minimum atomic E-state index is -0.0887. The fourth-order valence-corrected chi connectivity index (χ4v) is 3.16. The lowest BCUT2D eigenvalue weighted by atomic mass is 10.2. The van der Waals surface area contributed by atoms with E-state index in [2.05, 4.69) is 5.32 Å². The molecule has 0 saturated carbocycles. The van der Waals surface area contributed by atoms with Crippen LogP contribution in [0.3, 0.4) is 0 Å². The number of anilines is 1. The summed E-state index contributed by atoms with van der Waals surface area (Å²) in [5, 5.41) is 2.86. The second kappa shape index (κ2) is 8.02. The molecular weight excluding hydrogens is 342 g/mol. The number of benzene rings is 2. The molecule has 0 aromatic heterocycles. The van der Waals surface area contributed by atoms with Crippen molar-refractivity contribution in [2.24, 2.45) is 0 Å². The van der Waals surface area contributed by atoms with Gasteiger partial charge in [0.15, 0.2) is 11.5 Å². The fourth-order valence-electron chi connectivity index (χ4n) is 2.38. The van der Waals surface area contributed by atoms with E-state index in [4.69, 9.17) is 18.9 Å². The Kier molecular flexibility index (Phi) is 5.55. The van der Waals surface area contributed by atoms with Gasteiger partial charge in [0, 0.05) is 11.8 Å². The summed E-state index contributed by atoms with van der Waals surface area (Å²) in [5.74, 6) is 3.71. The van der Waals surface area contributed by atoms with E-state index < -0.39 is 0 Å². The van der Waals surface area contributed by atoms with Crippen LogP contribution in [0, 0.1) is 0 Å². The van der Waals surface area contributed by atoms with E-state index >= 15 is 0 Å². The highest BCUT2D eigenvalue weighted by Gasteiger charge is 2.13. The van der Waals surface area contributed by atoms with Gasteiger partial charge in [-0.3, -0.25) is 4.79 Å². The number of ether oxygens (including phenoxy) is 4. The quantitative estimate of drug-likeness (QED) is 0.816. The Morgan fingerprint density at radius 3 is 2.76 bits per heavy atom. The second-order valence-electron chi connectivity index (χ2n) is 5.29. The zero-order valence-corrected chi connectivity index (χ0v) is 14.9. The predicted octanol–water partition coefficient (Wildman–Crippen LogP) is 3.30. The molecule has 0 unspecified atom stereocenters. The molecule has 3 rings (SSSR count). The maximum Gasteiger partial charge on any atom is 0.234 e. The Bertz CT molecular complexity index is 765. The van der Waals surface area contributed by atoms with Gasteiger partial charge in [-0.05, 0) is 29.8 Å². The van der Waals surface area contributed by atoms with Crippen molar-refractivity contribution in [3.05, 3.63) is 42.0 Å². The highest BCUT2D eigenvalue weighted by atomic mass is 32.2. The van der Waals surface area contributed by atoms with Crippen molar-refractivity contribution >= 4 is 23.4 Å². The Morgan fingerprint density at radius 1 is 1.12 bits per heavy atom. The van der Waals surface area contributed by atoms with Gasteiger partial charge in [-0.1, -0.05) is 6.07 Å². The van der Waals surface area contributed by atoms with Crippen molar-refractivity contribution in [1.29, 1.82) is 0 Å². The molecule has 0 aliphatic carbocycles. The third-order valence-electron chi connectivity index (χ3n) is 3.62. The number of fused-ring (bicyclic) bond motifs is 1. The number of thioether (sulfide) groups is 1. The smallest absolute Gasteiger partial charge is 0.234 e. The predicted molar refractivity (Wildman–Crippen MR) is 96.9 cm³/mol. The van der Waals surface area contributed by atoms with Crippen molar-refractivity contribution < 1.29 is 23.7 Å². The van der Waals surface area contributed by atoms with Crippen LogP contribution < -0.4 is 24.3 Å². The van der Waals surface area contributed by atoms with Crippen LogP contribution in [0.25, 0.3) is 0 Å². The molecule has 1 aliphatic rings. The molecule has 0 bridgehead atoms. The van der Waals surface area contributed by atoms with Crippen molar-refractivity contribution in [3.63, 3.8) is 0 Å². The maximum atomic E-state index is 12.1. The summed E-state index contributed by atoms with van der Waals surface area (Å²) in [7, 11) is 3.14. The molecule has 25 heavy (non-hydrogen) atoms. The van der Waals surface area contributed by atoms with Gasteiger partial charge in [0.1, 0.15) is 11.5 Å². The largest absolute Gasteiger partial charge is 0.497 e. The zero-order valence-electron chi connectivity index (χ0n) is 14.0. The average Bonchev–Trinajstić information content (AvgIpc) is 3.10. The molecule has 1 aliphatic heterocycles. The molecule has 1 N–H and O–H groups in total. The van der Waals surface area contributed by atoms with Crippen molar-refractivity contribution in [3.8, 4) is 23.0 Å². The summed E-state index contributed by atoms with van der Waals surface area (Å²) in [5.41, 5.74) is 1.71. The van der Waals surface area contributed by atoms with Gasteiger partial charge < -0.3 is 24.3 Å². The van der Waals surface area contributed by atoms with Crippen LogP contribution in [0.5, 0.6) is 23.0 Å². The lowest BCUT2D eigenvalue weighted by Crippen LogP contribution is -2.14. The first-order valence-electron chi connectivity index (χ1n) is 7.67. The lowest BCUT2D eigenvalue weighted by molar-refractivity contribution is -0.113. The average molecular weight is 361 g/mol. The van der Waals surface area contributed by atoms with Gasteiger partial charge in [0.05, 0.1) is 25.7 Å². The van der Waals surface area contributed by atoms with E-state index in [0.29, 0.717) is 28.7 Å². The molecule has 6 nitrogen and oxygen atoms in total. The van der Waals surface area contributed by atoms with Crippen LogP contribution in [0.15, 0.2) is 36.4 Å². The molecule has 0 atom stereocenters. The molecule has 2 aromatic carbocycles. The number of carbonyl (C=O) groups is 1. The Morgan fingerprint density at radius 2 is 1.96 bits per heavy atom. The number of hydrogen-bond acceptors (Lipinski definition) is 6. The minimum Gasteiger partial charge on any atom is -0.497 e. The van der Waals surface area contributed by atoms with Crippen molar-refractivity contribution in [1.82, 2.24) is 0 Å². The van der Waals surface area contributed by atoms with Crippen LogP contribution in [0.2, 0.25) is 0 Å². The number of rotatable bonds is 7. The summed E-state index contributed by atoms with van der Waals surface area (Å²) >= 11 is 1.53. The molecule has 0 spiro atoms. The summed E-state index contributed by atoms with van der Waals surface area (Å²) in [6.45, 7) is 0.262. The maximum absolute atomic E-state index is 12.1. The Labute approximate surface area is 150 Å². The molecule has 0 saturated heterocycles. The van der Waals surface area contributed by atoms with Gasteiger partial charge in [0.2, 0.25) is 12.7 Å². The molecule has 132 valence electrons. The minimum absolute atomic E-state index is 0.0887. The fraction of sp³-hybridized carbons (Fsp3) is 0.278. The van der Waals surface area contributed by atoms with E-state index in [-0.39, 0.29) is 12.7 Å². The van der Waals surface area contributed by atoms with Crippen LogP contribution in [-0.4, -0.2) is 32.7 Å². The van der Waals surface area contributed by atoms with E-state index in [9.17, 15) is 4.79 Å². The monoisotopic (exact) mass is 361 g/mol. The number of amides is 1. The van der Waals surface area contributed by atoms with E-state index in [1.165, 1.54) is 11.8 Å². The van der Waals surface area contributed by atoms with Crippen molar-refractivity contribution in [2.75, 3.05) is 32.1 Å². The first-order valence-corrected chi connectivity index (χ1v) is 8.83.